The quantitative estimate of drug-likeness (QED) is 0.248. The first-order valence-corrected chi connectivity index (χ1v) is 12.7. The minimum Gasteiger partial charge on any atom is -0.354 e. The van der Waals surface area contributed by atoms with Crippen molar-refractivity contribution < 1.29 is 13.2 Å². The molecule has 0 fully saturated rings. The Kier molecular flexibility index (Phi) is 6.62. The Hall–Kier alpha value is -1.93. The molecule has 5 nitrogen and oxygen atoms in total. The third kappa shape index (κ3) is 4.44. The van der Waals surface area contributed by atoms with Crippen molar-refractivity contribution in [1.82, 2.24) is 0 Å². The molecule has 170 valence electrons. The van der Waals surface area contributed by atoms with Gasteiger partial charge in [0.15, 0.2) is 0 Å². The topological polar surface area (TPSA) is 75.3 Å². The van der Waals surface area contributed by atoms with Crippen LogP contribution in [0.25, 0.3) is 5.70 Å². The second-order valence-corrected chi connectivity index (χ2v) is 10.7. The zero-order chi connectivity index (χ0) is 24.1. The summed E-state index contributed by atoms with van der Waals surface area (Å²) < 4.78 is 28.0. The van der Waals surface area contributed by atoms with Crippen LogP contribution in [-0.4, -0.2) is 14.2 Å². The normalized spacial score (nSPS) is 13.3. The number of aryl methyl sites for hydroxylation is 1. The van der Waals surface area contributed by atoms with Crippen molar-refractivity contribution in [3.8, 4) is 0 Å². The number of nitrogens with one attached hydrogen (secondary N) is 2. The number of anilines is 2. The van der Waals surface area contributed by atoms with E-state index in [1.807, 2.05) is 13.0 Å². The van der Waals surface area contributed by atoms with Gasteiger partial charge in [0.05, 0.1) is 36.2 Å². The Balaban J connectivity index is 1.64. The second-order valence-electron chi connectivity index (χ2n) is 7.15. The lowest BCUT2D eigenvalue weighted by atomic mass is 10.1. The van der Waals surface area contributed by atoms with Crippen LogP contribution < -0.4 is 10.0 Å². The van der Waals surface area contributed by atoms with Gasteiger partial charge in [-0.2, -0.15) is 0 Å². The monoisotopic (exact) mass is 560 g/mol. The number of halogens is 5. The predicted octanol–water partition coefficient (Wildman–Crippen LogP) is 7.63. The first-order valence-electron chi connectivity index (χ1n) is 9.28. The van der Waals surface area contributed by atoms with Crippen LogP contribution in [0.2, 0.25) is 20.1 Å². The lowest BCUT2D eigenvalue weighted by molar-refractivity contribution is 0.104. The highest BCUT2D eigenvalue weighted by Crippen LogP contribution is 2.49. The van der Waals surface area contributed by atoms with Gasteiger partial charge >= 0.3 is 0 Å². The number of Topliss-reactive ketones (excluding diaryl/α,β-unsaturated/α-hetero) is 1. The van der Waals surface area contributed by atoms with Crippen molar-refractivity contribution in [1.29, 1.82) is 0 Å². The van der Waals surface area contributed by atoms with Crippen LogP contribution in [0.5, 0.6) is 0 Å². The van der Waals surface area contributed by atoms with Crippen molar-refractivity contribution in [2.75, 3.05) is 10.0 Å². The molecule has 0 saturated carbocycles. The molecule has 1 aliphatic rings. The summed E-state index contributed by atoms with van der Waals surface area (Å²) >= 11 is 31.0. The molecule has 11 heteroatoms. The number of carbonyl (C=O) groups excluding carboxylic acids is 1. The van der Waals surface area contributed by atoms with E-state index in [9.17, 15) is 13.2 Å². The van der Waals surface area contributed by atoms with E-state index in [4.69, 9.17) is 58.0 Å². The van der Waals surface area contributed by atoms with Gasteiger partial charge in [-0.05, 0) is 48.9 Å². The van der Waals surface area contributed by atoms with Gasteiger partial charge in [-0.15, -0.1) is 0 Å². The van der Waals surface area contributed by atoms with E-state index < -0.39 is 15.8 Å². The maximum absolute atomic E-state index is 12.7. The minimum absolute atomic E-state index is 0.00999. The second kappa shape index (κ2) is 9.02. The number of sulfonamides is 1. The van der Waals surface area contributed by atoms with Crippen molar-refractivity contribution in [3.63, 3.8) is 0 Å². The summed E-state index contributed by atoms with van der Waals surface area (Å²) in [6, 6.07) is 12.9. The van der Waals surface area contributed by atoms with Gasteiger partial charge in [-0.1, -0.05) is 70.1 Å². The first kappa shape index (κ1) is 24.2. The summed E-state index contributed by atoms with van der Waals surface area (Å²) in [4.78, 5) is 12.7. The van der Waals surface area contributed by atoms with Gasteiger partial charge in [-0.3, -0.25) is 9.52 Å². The number of allylic oxidation sites excluding steroid dienone is 1. The molecule has 0 atom stereocenters. The van der Waals surface area contributed by atoms with E-state index in [0.29, 0.717) is 11.4 Å². The van der Waals surface area contributed by atoms with Gasteiger partial charge in [0.1, 0.15) is 5.03 Å². The molecule has 0 amide bonds. The maximum atomic E-state index is 12.7. The van der Waals surface area contributed by atoms with Gasteiger partial charge in [-0.25, -0.2) is 8.42 Å². The van der Waals surface area contributed by atoms with E-state index in [1.54, 1.807) is 18.2 Å². The average molecular weight is 563 g/mol. The minimum atomic E-state index is -3.81. The number of hydrogen-bond donors (Lipinski definition) is 2. The first-order chi connectivity index (χ1) is 15.5. The number of fused-ring (bicyclic) bond motifs is 1. The molecule has 0 bridgehead atoms. The molecule has 0 saturated heterocycles. The fraction of sp³-hybridized carbons (Fsp3) is 0.0455. The largest absolute Gasteiger partial charge is 0.354 e. The van der Waals surface area contributed by atoms with Crippen molar-refractivity contribution >= 4 is 90.9 Å². The fourth-order valence-corrected chi connectivity index (χ4v) is 5.63. The molecule has 0 unspecified atom stereocenters. The zero-order valence-electron chi connectivity index (χ0n) is 16.6. The Morgan fingerprint density at radius 2 is 1.36 bits per heavy atom. The third-order valence-corrected chi connectivity index (χ3v) is 8.43. The zero-order valence-corrected chi connectivity index (χ0v) is 21.2. The van der Waals surface area contributed by atoms with E-state index in [2.05, 4.69) is 10.0 Å². The molecule has 3 aromatic rings. The Morgan fingerprint density at radius 3 is 1.97 bits per heavy atom. The van der Waals surface area contributed by atoms with Crippen molar-refractivity contribution in [2.24, 2.45) is 0 Å². The van der Waals surface area contributed by atoms with Crippen LogP contribution in [0.1, 0.15) is 21.5 Å². The van der Waals surface area contributed by atoms with Crippen LogP contribution >= 0.6 is 58.0 Å². The molecule has 0 aliphatic heterocycles. The maximum Gasteiger partial charge on any atom is 0.261 e. The van der Waals surface area contributed by atoms with Crippen LogP contribution in [0.4, 0.5) is 11.4 Å². The number of carbonyl (C=O) groups is 1. The average Bonchev–Trinajstić information content (AvgIpc) is 3.01. The predicted molar refractivity (Wildman–Crippen MR) is 136 cm³/mol. The molecule has 0 heterocycles. The summed E-state index contributed by atoms with van der Waals surface area (Å²) in [7, 11) is -3.81. The summed E-state index contributed by atoms with van der Waals surface area (Å²) in [5.41, 5.74) is 2.30. The summed E-state index contributed by atoms with van der Waals surface area (Å²) in [6.45, 7) is 1.87. The molecule has 4 rings (SSSR count). The van der Waals surface area contributed by atoms with E-state index in [1.165, 1.54) is 24.3 Å². The summed E-state index contributed by atoms with van der Waals surface area (Å²) in [5, 5.41) is 2.76. The smallest absolute Gasteiger partial charge is 0.261 e. The van der Waals surface area contributed by atoms with Gasteiger partial charge in [0.25, 0.3) is 10.0 Å². The molecule has 3 aromatic carbocycles. The fourth-order valence-electron chi connectivity index (χ4n) is 3.31. The van der Waals surface area contributed by atoms with Crippen LogP contribution in [-0.2, 0) is 10.0 Å². The van der Waals surface area contributed by atoms with Gasteiger partial charge in [0, 0.05) is 16.9 Å². The molecular weight excluding hydrogens is 550 g/mol. The van der Waals surface area contributed by atoms with Crippen molar-refractivity contribution in [2.45, 2.75) is 11.8 Å². The molecular formula is C22H13Cl5N2O3S. The molecule has 33 heavy (non-hydrogen) atoms. The van der Waals surface area contributed by atoms with Crippen LogP contribution in [0.3, 0.4) is 0 Å². The highest BCUT2D eigenvalue weighted by atomic mass is 35.5. The molecule has 2 N–H and O–H groups in total. The lowest BCUT2D eigenvalue weighted by Crippen LogP contribution is -2.13. The van der Waals surface area contributed by atoms with Crippen LogP contribution in [0.15, 0.2) is 58.5 Å². The Labute approximate surface area is 215 Å². The third-order valence-electron chi connectivity index (χ3n) is 4.87. The number of ketones is 1. The SMILES string of the molecule is Cc1cccc(NS(=O)(=O)c2ccc(NC3=C(Cl)C(=O)c4c(Cl)c(Cl)c(Cl)c(Cl)c43)cc2)c1. The number of benzene rings is 3. The Morgan fingerprint density at radius 1 is 0.758 bits per heavy atom. The summed E-state index contributed by atoms with van der Waals surface area (Å²) in [6.07, 6.45) is 0. The molecule has 1 aliphatic carbocycles. The van der Waals surface area contributed by atoms with Crippen LogP contribution in [0, 0.1) is 6.92 Å². The molecule has 0 spiro atoms. The van der Waals surface area contributed by atoms with E-state index in [0.717, 1.165) is 5.56 Å². The lowest BCUT2D eigenvalue weighted by Gasteiger charge is -2.14. The summed E-state index contributed by atoms with van der Waals surface area (Å²) in [5.74, 6) is -0.554. The van der Waals surface area contributed by atoms with Gasteiger partial charge in [0.2, 0.25) is 5.78 Å². The molecule has 0 aromatic heterocycles. The van der Waals surface area contributed by atoms with E-state index >= 15 is 0 Å². The molecule has 0 radical (unpaired) electrons. The number of hydrogen-bond acceptors (Lipinski definition) is 4. The number of rotatable bonds is 5. The Bertz CT molecular complexity index is 1450. The highest BCUT2D eigenvalue weighted by Gasteiger charge is 2.36. The van der Waals surface area contributed by atoms with E-state index in [-0.39, 0.29) is 46.8 Å². The highest BCUT2D eigenvalue weighted by molar-refractivity contribution is 7.92. The van der Waals surface area contributed by atoms with Gasteiger partial charge < -0.3 is 5.32 Å². The standard InChI is InChI=1S/C22H13Cl5N2O3S/c1-10-3-2-4-12(9-10)29-33(31,32)13-7-5-11(6-8-13)28-21-14-15(22(30)20(21)27)17(24)19(26)18(25)16(14)23/h2-9,28-29H,1H3. The van der Waals surface area contributed by atoms with Crippen molar-refractivity contribution in [3.05, 3.63) is 90.3 Å².